The number of hydrogen-bond donors (Lipinski definition) is 1. The second kappa shape index (κ2) is 7.66. The fourth-order valence-corrected chi connectivity index (χ4v) is 2.36. The van der Waals surface area contributed by atoms with Crippen molar-refractivity contribution in [2.24, 2.45) is 0 Å². The lowest BCUT2D eigenvalue weighted by Gasteiger charge is -2.13. The van der Waals surface area contributed by atoms with Gasteiger partial charge in [-0.1, -0.05) is 54.5 Å². The van der Waals surface area contributed by atoms with Gasteiger partial charge < -0.3 is 9.26 Å². The maximum Gasteiger partial charge on any atom is 0.267 e. The molecular formula is C20H20N2O3. The summed E-state index contributed by atoms with van der Waals surface area (Å²) in [7, 11) is 0. The van der Waals surface area contributed by atoms with Gasteiger partial charge in [-0.25, -0.2) is 0 Å². The quantitative estimate of drug-likeness (QED) is 0.728. The van der Waals surface area contributed by atoms with Gasteiger partial charge in [0.05, 0.1) is 0 Å². The molecule has 1 heterocycles. The molecule has 3 aromatic rings. The highest BCUT2D eigenvalue weighted by Gasteiger charge is 2.17. The Morgan fingerprint density at radius 2 is 1.88 bits per heavy atom. The molecule has 0 saturated heterocycles. The van der Waals surface area contributed by atoms with Crippen molar-refractivity contribution in [2.45, 2.75) is 26.4 Å². The van der Waals surface area contributed by atoms with E-state index >= 15 is 0 Å². The molecule has 0 fully saturated rings. The third-order valence-electron chi connectivity index (χ3n) is 3.84. The molecule has 0 radical (unpaired) electrons. The Morgan fingerprint density at radius 1 is 1.16 bits per heavy atom. The summed E-state index contributed by atoms with van der Waals surface area (Å²) >= 11 is 0. The third-order valence-corrected chi connectivity index (χ3v) is 3.84. The molecule has 3 rings (SSSR count). The molecule has 1 N–H and O–H groups in total. The van der Waals surface area contributed by atoms with E-state index in [1.165, 1.54) is 5.56 Å². The average molecular weight is 336 g/mol. The number of anilines is 1. The van der Waals surface area contributed by atoms with Gasteiger partial charge in [0.25, 0.3) is 5.91 Å². The van der Waals surface area contributed by atoms with Crippen LogP contribution in [-0.4, -0.2) is 17.2 Å². The molecule has 0 spiro atoms. The van der Waals surface area contributed by atoms with Crippen molar-refractivity contribution in [1.82, 2.24) is 5.16 Å². The van der Waals surface area contributed by atoms with Gasteiger partial charge in [0.1, 0.15) is 11.4 Å². The zero-order valence-electron chi connectivity index (χ0n) is 14.2. The molecule has 1 atom stereocenters. The SMILES string of the molecule is CCc1ccc(O[C@H](C)C(=O)Nc2cc(-c3ccccc3)no2)cc1. The van der Waals surface area contributed by atoms with E-state index in [0.29, 0.717) is 17.3 Å². The van der Waals surface area contributed by atoms with Crippen LogP contribution in [0, 0.1) is 0 Å². The van der Waals surface area contributed by atoms with Gasteiger partial charge in [-0.05, 0) is 31.0 Å². The highest BCUT2D eigenvalue weighted by atomic mass is 16.5. The Bertz CT molecular complexity index is 826. The average Bonchev–Trinajstić information content (AvgIpc) is 3.11. The number of ether oxygens (including phenoxy) is 1. The first-order valence-electron chi connectivity index (χ1n) is 8.24. The molecule has 5 nitrogen and oxygen atoms in total. The number of carbonyl (C=O) groups excluding carboxylic acids is 1. The minimum absolute atomic E-state index is 0.292. The smallest absolute Gasteiger partial charge is 0.267 e. The van der Waals surface area contributed by atoms with Gasteiger partial charge in [-0.3, -0.25) is 10.1 Å². The molecule has 0 aliphatic rings. The number of nitrogens with one attached hydrogen (secondary N) is 1. The summed E-state index contributed by atoms with van der Waals surface area (Å²) in [6, 6.07) is 19.0. The van der Waals surface area contributed by atoms with E-state index in [9.17, 15) is 4.79 Å². The van der Waals surface area contributed by atoms with Gasteiger partial charge in [-0.15, -0.1) is 0 Å². The molecule has 128 valence electrons. The monoisotopic (exact) mass is 336 g/mol. The Hall–Kier alpha value is -3.08. The molecule has 0 bridgehead atoms. The van der Waals surface area contributed by atoms with Crippen molar-refractivity contribution in [2.75, 3.05) is 5.32 Å². The molecule has 0 aliphatic carbocycles. The Labute approximate surface area is 146 Å². The number of amides is 1. The van der Waals surface area contributed by atoms with Crippen LogP contribution < -0.4 is 10.1 Å². The van der Waals surface area contributed by atoms with E-state index < -0.39 is 6.10 Å². The Balaban J connectivity index is 1.60. The number of rotatable bonds is 6. The number of aromatic nitrogens is 1. The van der Waals surface area contributed by atoms with Crippen LogP contribution in [0.2, 0.25) is 0 Å². The van der Waals surface area contributed by atoms with Gasteiger partial charge in [-0.2, -0.15) is 0 Å². The highest BCUT2D eigenvalue weighted by Crippen LogP contribution is 2.21. The van der Waals surface area contributed by atoms with E-state index in [4.69, 9.17) is 9.26 Å². The zero-order valence-corrected chi connectivity index (χ0v) is 14.2. The van der Waals surface area contributed by atoms with E-state index in [2.05, 4.69) is 17.4 Å². The second-order valence-electron chi connectivity index (χ2n) is 5.69. The summed E-state index contributed by atoms with van der Waals surface area (Å²) in [4.78, 5) is 12.3. The first kappa shape index (κ1) is 16.8. The van der Waals surface area contributed by atoms with Gasteiger partial charge in [0.2, 0.25) is 5.88 Å². The van der Waals surface area contributed by atoms with Crippen LogP contribution in [0.1, 0.15) is 19.4 Å². The van der Waals surface area contributed by atoms with Crippen LogP contribution in [0.5, 0.6) is 5.75 Å². The first-order chi connectivity index (χ1) is 12.2. The Morgan fingerprint density at radius 3 is 2.56 bits per heavy atom. The molecule has 5 heteroatoms. The molecule has 1 amide bonds. The van der Waals surface area contributed by atoms with Gasteiger partial charge >= 0.3 is 0 Å². The third kappa shape index (κ3) is 4.26. The summed E-state index contributed by atoms with van der Waals surface area (Å²) in [5.74, 6) is 0.651. The second-order valence-corrected chi connectivity index (χ2v) is 5.69. The van der Waals surface area contributed by atoms with Crippen LogP contribution in [0.25, 0.3) is 11.3 Å². The lowest BCUT2D eigenvalue weighted by Crippen LogP contribution is -2.29. The summed E-state index contributed by atoms with van der Waals surface area (Å²) in [6.45, 7) is 3.78. The van der Waals surface area contributed by atoms with Crippen molar-refractivity contribution in [1.29, 1.82) is 0 Å². The fourth-order valence-electron chi connectivity index (χ4n) is 2.36. The molecule has 0 aliphatic heterocycles. The zero-order chi connectivity index (χ0) is 17.6. The number of hydrogen-bond acceptors (Lipinski definition) is 4. The van der Waals surface area contributed by atoms with Crippen LogP contribution in [0.3, 0.4) is 0 Å². The lowest BCUT2D eigenvalue weighted by molar-refractivity contribution is -0.122. The van der Waals surface area contributed by atoms with Crippen molar-refractivity contribution in [3.05, 3.63) is 66.2 Å². The summed E-state index contributed by atoms with van der Waals surface area (Å²) in [5.41, 5.74) is 2.81. The summed E-state index contributed by atoms with van der Waals surface area (Å²) in [6.07, 6.45) is 0.309. The molecule has 0 unspecified atom stereocenters. The van der Waals surface area contributed by atoms with E-state index in [-0.39, 0.29) is 5.91 Å². The van der Waals surface area contributed by atoms with Crippen molar-refractivity contribution in [3.8, 4) is 17.0 Å². The normalized spacial score (nSPS) is 11.8. The number of nitrogens with zero attached hydrogens (tertiary/aromatic N) is 1. The predicted molar refractivity (Wildman–Crippen MR) is 96.5 cm³/mol. The minimum Gasteiger partial charge on any atom is -0.481 e. The molecule has 2 aromatic carbocycles. The molecule has 1 aromatic heterocycles. The maximum atomic E-state index is 12.3. The standard InChI is InChI=1S/C20H20N2O3/c1-3-15-9-11-17(12-10-15)24-14(2)20(23)21-19-13-18(22-25-19)16-7-5-4-6-8-16/h4-14H,3H2,1-2H3,(H,21,23)/t14-/m1/s1. The minimum atomic E-state index is -0.655. The van der Waals surface area contributed by atoms with Crippen LogP contribution in [0.15, 0.2) is 65.2 Å². The molecule has 0 saturated carbocycles. The molecule has 25 heavy (non-hydrogen) atoms. The summed E-state index contributed by atoms with van der Waals surface area (Å²) < 4.78 is 10.8. The highest BCUT2D eigenvalue weighted by molar-refractivity contribution is 5.93. The van der Waals surface area contributed by atoms with Crippen molar-refractivity contribution >= 4 is 11.8 Å². The topological polar surface area (TPSA) is 64.4 Å². The number of aryl methyl sites for hydroxylation is 1. The van der Waals surface area contributed by atoms with E-state index in [1.54, 1.807) is 13.0 Å². The summed E-state index contributed by atoms with van der Waals surface area (Å²) in [5, 5.41) is 6.65. The lowest BCUT2D eigenvalue weighted by atomic mass is 10.1. The number of carbonyl (C=O) groups is 1. The largest absolute Gasteiger partial charge is 0.481 e. The van der Waals surface area contributed by atoms with Crippen LogP contribution in [-0.2, 0) is 11.2 Å². The predicted octanol–water partition coefficient (Wildman–Crippen LogP) is 4.31. The Kier molecular flexibility index (Phi) is 5.14. The van der Waals surface area contributed by atoms with Gasteiger partial charge in [0.15, 0.2) is 6.10 Å². The molecular weight excluding hydrogens is 316 g/mol. The fraction of sp³-hybridized carbons (Fsp3) is 0.200. The van der Waals surface area contributed by atoms with E-state index in [0.717, 1.165) is 12.0 Å². The first-order valence-corrected chi connectivity index (χ1v) is 8.24. The van der Waals surface area contributed by atoms with Crippen molar-refractivity contribution < 1.29 is 14.1 Å². The van der Waals surface area contributed by atoms with Crippen molar-refractivity contribution in [3.63, 3.8) is 0 Å². The van der Waals surface area contributed by atoms with Crippen LogP contribution in [0.4, 0.5) is 5.88 Å². The maximum absolute atomic E-state index is 12.3. The van der Waals surface area contributed by atoms with Gasteiger partial charge in [0, 0.05) is 11.6 Å². The number of benzene rings is 2. The van der Waals surface area contributed by atoms with E-state index in [1.807, 2.05) is 54.6 Å². The van der Waals surface area contributed by atoms with Crippen LogP contribution >= 0.6 is 0 Å².